The van der Waals surface area contributed by atoms with E-state index in [2.05, 4.69) is 30.3 Å². The summed E-state index contributed by atoms with van der Waals surface area (Å²) in [6.45, 7) is 7.74. The molecule has 0 radical (unpaired) electrons. The lowest BCUT2D eigenvalue weighted by molar-refractivity contribution is 0.387. The molecule has 2 N–H and O–H groups in total. The lowest BCUT2D eigenvalue weighted by Crippen LogP contribution is -2.20. The SMILES string of the molecule is CC1CCc2c(N)nc(C(C)C)n2C1. The van der Waals surface area contributed by atoms with Crippen molar-refractivity contribution < 1.29 is 0 Å². The minimum absolute atomic E-state index is 0.469. The number of hydrogen-bond acceptors (Lipinski definition) is 2. The van der Waals surface area contributed by atoms with Gasteiger partial charge >= 0.3 is 0 Å². The Hall–Kier alpha value is -0.990. The zero-order chi connectivity index (χ0) is 10.3. The molecule has 1 aromatic rings. The van der Waals surface area contributed by atoms with E-state index in [9.17, 15) is 0 Å². The second kappa shape index (κ2) is 3.30. The third-order valence-electron chi connectivity index (χ3n) is 3.02. The van der Waals surface area contributed by atoms with Crippen molar-refractivity contribution in [2.24, 2.45) is 5.92 Å². The van der Waals surface area contributed by atoms with Gasteiger partial charge in [0.1, 0.15) is 11.6 Å². The fourth-order valence-corrected chi connectivity index (χ4v) is 2.22. The van der Waals surface area contributed by atoms with Gasteiger partial charge in [-0.15, -0.1) is 0 Å². The van der Waals surface area contributed by atoms with Crippen molar-refractivity contribution in [3.05, 3.63) is 11.5 Å². The van der Waals surface area contributed by atoms with E-state index >= 15 is 0 Å². The van der Waals surface area contributed by atoms with Crippen LogP contribution in [0.25, 0.3) is 0 Å². The van der Waals surface area contributed by atoms with E-state index in [0.717, 1.165) is 30.5 Å². The quantitative estimate of drug-likeness (QED) is 0.742. The highest BCUT2D eigenvalue weighted by atomic mass is 15.1. The molecule has 0 aromatic carbocycles. The summed E-state index contributed by atoms with van der Waals surface area (Å²) in [5.74, 6) is 3.13. The van der Waals surface area contributed by atoms with Crippen molar-refractivity contribution >= 4 is 5.82 Å². The number of rotatable bonds is 1. The van der Waals surface area contributed by atoms with Crippen molar-refractivity contribution in [1.82, 2.24) is 9.55 Å². The lowest BCUT2D eigenvalue weighted by Gasteiger charge is -2.23. The van der Waals surface area contributed by atoms with Crippen LogP contribution in [0.15, 0.2) is 0 Å². The molecule has 1 aliphatic heterocycles. The van der Waals surface area contributed by atoms with Crippen LogP contribution < -0.4 is 5.73 Å². The highest BCUT2D eigenvalue weighted by Gasteiger charge is 2.22. The van der Waals surface area contributed by atoms with Gasteiger partial charge in [-0.1, -0.05) is 20.8 Å². The third-order valence-corrected chi connectivity index (χ3v) is 3.02. The standard InChI is InChI=1S/C11H19N3/c1-7(2)11-13-10(12)9-5-4-8(3)6-14(9)11/h7-8H,4-6,12H2,1-3H3. The summed E-state index contributed by atoms with van der Waals surface area (Å²) in [6.07, 6.45) is 2.33. The van der Waals surface area contributed by atoms with Crippen LogP contribution in [0.1, 0.15) is 44.6 Å². The number of hydrogen-bond donors (Lipinski definition) is 1. The van der Waals surface area contributed by atoms with Gasteiger partial charge in [0.25, 0.3) is 0 Å². The van der Waals surface area contributed by atoms with Gasteiger partial charge in [0.15, 0.2) is 0 Å². The lowest BCUT2D eigenvalue weighted by atomic mass is 9.99. The van der Waals surface area contributed by atoms with Crippen molar-refractivity contribution in [3.8, 4) is 0 Å². The maximum Gasteiger partial charge on any atom is 0.145 e. The van der Waals surface area contributed by atoms with Gasteiger partial charge < -0.3 is 10.3 Å². The van der Waals surface area contributed by atoms with Crippen LogP contribution in [0.2, 0.25) is 0 Å². The second-order valence-corrected chi connectivity index (χ2v) is 4.71. The average Bonchev–Trinajstić information content (AvgIpc) is 2.43. The molecule has 3 nitrogen and oxygen atoms in total. The van der Waals surface area contributed by atoms with Crippen LogP contribution in [-0.2, 0) is 13.0 Å². The first kappa shape index (κ1) is 9.56. The van der Waals surface area contributed by atoms with E-state index in [1.807, 2.05) is 0 Å². The molecule has 0 spiro atoms. The third kappa shape index (κ3) is 1.41. The van der Waals surface area contributed by atoms with Gasteiger partial charge in [-0.25, -0.2) is 4.98 Å². The zero-order valence-corrected chi connectivity index (χ0v) is 9.25. The Morgan fingerprint density at radius 3 is 2.86 bits per heavy atom. The van der Waals surface area contributed by atoms with E-state index in [1.165, 1.54) is 12.1 Å². The van der Waals surface area contributed by atoms with Gasteiger partial charge in [-0.3, -0.25) is 0 Å². The van der Waals surface area contributed by atoms with Gasteiger partial charge in [0, 0.05) is 12.5 Å². The van der Waals surface area contributed by atoms with Crippen molar-refractivity contribution in [1.29, 1.82) is 0 Å². The Kier molecular flexibility index (Phi) is 2.25. The Morgan fingerprint density at radius 2 is 2.21 bits per heavy atom. The molecule has 1 aliphatic rings. The first-order valence-electron chi connectivity index (χ1n) is 5.44. The van der Waals surface area contributed by atoms with E-state index in [0.29, 0.717) is 5.92 Å². The van der Waals surface area contributed by atoms with Crippen LogP contribution in [0.4, 0.5) is 5.82 Å². The summed E-state index contributed by atoms with van der Waals surface area (Å²) >= 11 is 0. The smallest absolute Gasteiger partial charge is 0.145 e. The molecule has 78 valence electrons. The van der Waals surface area contributed by atoms with E-state index in [1.54, 1.807) is 0 Å². The van der Waals surface area contributed by atoms with E-state index < -0.39 is 0 Å². The molecule has 0 bridgehead atoms. The minimum atomic E-state index is 0.469. The van der Waals surface area contributed by atoms with Crippen LogP contribution in [0, 0.1) is 5.92 Å². The maximum absolute atomic E-state index is 5.91. The summed E-state index contributed by atoms with van der Waals surface area (Å²) in [6, 6.07) is 0. The number of nitrogens with two attached hydrogens (primary N) is 1. The molecule has 0 fully saturated rings. The number of imidazole rings is 1. The Labute approximate surface area is 85.3 Å². The Balaban J connectivity index is 2.45. The fourth-order valence-electron chi connectivity index (χ4n) is 2.22. The molecule has 0 saturated heterocycles. The molecule has 14 heavy (non-hydrogen) atoms. The highest BCUT2D eigenvalue weighted by Crippen LogP contribution is 2.28. The monoisotopic (exact) mass is 193 g/mol. The Morgan fingerprint density at radius 1 is 1.50 bits per heavy atom. The number of nitrogens with zero attached hydrogens (tertiary/aromatic N) is 2. The number of nitrogen functional groups attached to an aromatic ring is 1. The van der Waals surface area contributed by atoms with Gasteiger partial charge in [-0.2, -0.15) is 0 Å². The molecule has 2 rings (SSSR count). The van der Waals surface area contributed by atoms with Gasteiger partial charge in [0.05, 0.1) is 5.69 Å². The first-order chi connectivity index (χ1) is 6.59. The van der Waals surface area contributed by atoms with Gasteiger partial charge in [0.2, 0.25) is 0 Å². The average molecular weight is 193 g/mol. The number of anilines is 1. The molecule has 1 unspecified atom stereocenters. The number of aromatic nitrogens is 2. The summed E-state index contributed by atoms with van der Waals surface area (Å²) < 4.78 is 2.33. The normalized spacial score (nSPS) is 21.3. The molecular weight excluding hydrogens is 174 g/mol. The van der Waals surface area contributed by atoms with Crippen molar-refractivity contribution in [2.45, 2.75) is 46.1 Å². The summed E-state index contributed by atoms with van der Waals surface area (Å²) in [7, 11) is 0. The maximum atomic E-state index is 5.91. The van der Waals surface area contributed by atoms with Crippen molar-refractivity contribution in [2.75, 3.05) is 5.73 Å². The van der Waals surface area contributed by atoms with Crippen molar-refractivity contribution in [3.63, 3.8) is 0 Å². The van der Waals surface area contributed by atoms with Crippen LogP contribution in [0.3, 0.4) is 0 Å². The van der Waals surface area contributed by atoms with Crippen LogP contribution >= 0.6 is 0 Å². The topological polar surface area (TPSA) is 43.8 Å². The molecule has 3 heteroatoms. The van der Waals surface area contributed by atoms with Crippen LogP contribution in [-0.4, -0.2) is 9.55 Å². The zero-order valence-electron chi connectivity index (χ0n) is 9.25. The molecule has 1 atom stereocenters. The molecule has 2 heterocycles. The molecule has 1 aromatic heterocycles. The summed E-state index contributed by atoms with van der Waals surface area (Å²) in [5, 5.41) is 0. The Bertz CT molecular complexity index is 339. The van der Waals surface area contributed by atoms with Crippen LogP contribution in [0.5, 0.6) is 0 Å². The fraction of sp³-hybridized carbons (Fsp3) is 0.727. The summed E-state index contributed by atoms with van der Waals surface area (Å²) in [4.78, 5) is 4.47. The summed E-state index contributed by atoms with van der Waals surface area (Å²) in [5.41, 5.74) is 7.17. The molecule has 0 saturated carbocycles. The highest BCUT2D eigenvalue weighted by molar-refractivity contribution is 5.38. The van der Waals surface area contributed by atoms with E-state index in [-0.39, 0.29) is 0 Å². The molecular formula is C11H19N3. The molecule has 0 aliphatic carbocycles. The number of fused-ring (bicyclic) bond motifs is 1. The van der Waals surface area contributed by atoms with Gasteiger partial charge in [-0.05, 0) is 18.8 Å². The minimum Gasteiger partial charge on any atom is -0.382 e. The first-order valence-corrected chi connectivity index (χ1v) is 5.44. The second-order valence-electron chi connectivity index (χ2n) is 4.71. The molecule has 0 amide bonds. The van der Waals surface area contributed by atoms with E-state index in [4.69, 9.17) is 5.73 Å². The predicted octanol–water partition coefficient (Wildman–Crippen LogP) is 2.17. The predicted molar refractivity (Wildman–Crippen MR) is 58.2 cm³/mol. The largest absolute Gasteiger partial charge is 0.382 e.